The molecule has 2 N–H and O–H groups in total. The lowest BCUT2D eigenvalue weighted by atomic mass is 10.0. The maximum atomic E-state index is 12.6. The van der Waals surface area contributed by atoms with Crippen LogP contribution in [0.1, 0.15) is 25.0 Å². The van der Waals surface area contributed by atoms with E-state index in [1.54, 1.807) is 4.57 Å². The molecule has 3 rings (SSSR count). The Morgan fingerprint density at radius 1 is 1.08 bits per heavy atom. The molecule has 0 atom stereocenters. The van der Waals surface area contributed by atoms with Crippen LogP contribution in [0.25, 0.3) is 10.2 Å². The third-order valence-corrected chi connectivity index (χ3v) is 5.15. The molecule has 0 unspecified atom stereocenters. The topological polar surface area (TPSA) is 57.9 Å². The Balaban J connectivity index is 1.89. The van der Waals surface area contributed by atoms with Gasteiger partial charge in [0.2, 0.25) is 5.91 Å². The maximum absolute atomic E-state index is 12.6. The Morgan fingerprint density at radius 2 is 1.75 bits per heavy atom. The minimum atomic E-state index is -0.0901. The van der Waals surface area contributed by atoms with Crippen LogP contribution in [0.4, 0.5) is 5.69 Å². The minimum absolute atomic E-state index is 0.0901. The fourth-order valence-corrected chi connectivity index (χ4v) is 3.83. The first-order valence-corrected chi connectivity index (χ1v) is 8.99. The maximum Gasteiger partial charge on any atom is 0.244 e. The van der Waals surface area contributed by atoms with Gasteiger partial charge in [0.05, 0.1) is 10.2 Å². The second-order valence-corrected chi connectivity index (χ2v) is 6.70. The molecule has 1 aromatic heterocycles. The number of nitrogens with zero attached hydrogens (tertiary/aromatic N) is 1. The standard InChI is InChI=1S/C19H21N3OS/c1-3-13-8-7-9-14(4-2)18(13)21-17(23)12-22-15-10-5-6-11-16(15)24-19(22)20/h5-11,20H,3-4,12H2,1-2H3,(H,21,23). The van der Waals surface area contributed by atoms with E-state index in [4.69, 9.17) is 5.41 Å². The van der Waals surface area contributed by atoms with Gasteiger partial charge in [-0.1, -0.05) is 55.5 Å². The number of thiazole rings is 1. The van der Waals surface area contributed by atoms with Crippen LogP contribution in [0.3, 0.4) is 0 Å². The summed E-state index contributed by atoms with van der Waals surface area (Å²) < 4.78 is 2.79. The van der Waals surface area contributed by atoms with Gasteiger partial charge in [-0.25, -0.2) is 0 Å². The van der Waals surface area contributed by atoms with Crippen LogP contribution < -0.4 is 10.1 Å². The first-order valence-electron chi connectivity index (χ1n) is 8.17. The summed E-state index contributed by atoms with van der Waals surface area (Å²) in [6, 6.07) is 14.0. The van der Waals surface area contributed by atoms with E-state index in [9.17, 15) is 4.79 Å². The number of aromatic nitrogens is 1. The van der Waals surface area contributed by atoms with Gasteiger partial charge < -0.3 is 9.88 Å². The summed E-state index contributed by atoms with van der Waals surface area (Å²) in [5.41, 5.74) is 4.16. The molecule has 0 saturated carbocycles. The van der Waals surface area contributed by atoms with E-state index in [1.807, 2.05) is 30.3 Å². The van der Waals surface area contributed by atoms with Crippen molar-refractivity contribution in [2.75, 3.05) is 5.32 Å². The zero-order valence-corrected chi connectivity index (χ0v) is 14.7. The highest BCUT2D eigenvalue weighted by Crippen LogP contribution is 2.23. The van der Waals surface area contributed by atoms with Crippen LogP contribution in [0.15, 0.2) is 42.5 Å². The number of hydrogen-bond donors (Lipinski definition) is 2. The van der Waals surface area contributed by atoms with Gasteiger partial charge >= 0.3 is 0 Å². The predicted octanol–water partition coefficient (Wildman–Crippen LogP) is 3.95. The average Bonchev–Trinajstić information content (AvgIpc) is 2.90. The largest absolute Gasteiger partial charge is 0.324 e. The highest BCUT2D eigenvalue weighted by molar-refractivity contribution is 7.16. The number of benzene rings is 2. The lowest BCUT2D eigenvalue weighted by molar-refractivity contribution is -0.116. The number of para-hydroxylation sites is 2. The number of rotatable bonds is 5. The number of anilines is 1. The highest BCUT2D eigenvalue weighted by atomic mass is 32.1. The molecule has 0 spiro atoms. The van der Waals surface area contributed by atoms with Crippen LogP contribution in [-0.4, -0.2) is 10.5 Å². The molecule has 24 heavy (non-hydrogen) atoms. The molecule has 0 aliphatic heterocycles. The molecule has 2 aromatic carbocycles. The van der Waals surface area contributed by atoms with Gasteiger partial charge in [-0.15, -0.1) is 0 Å². The Bertz CT molecular complexity index is 917. The van der Waals surface area contributed by atoms with E-state index < -0.39 is 0 Å². The molecular formula is C19H21N3OS. The lowest BCUT2D eigenvalue weighted by Gasteiger charge is -2.15. The molecule has 124 valence electrons. The first kappa shape index (κ1) is 16.5. The van der Waals surface area contributed by atoms with Crippen LogP contribution in [0, 0.1) is 5.41 Å². The van der Waals surface area contributed by atoms with E-state index in [-0.39, 0.29) is 12.5 Å². The summed E-state index contributed by atoms with van der Waals surface area (Å²) in [6.07, 6.45) is 1.75. The van der Waals surface area contributed by atoms with Crippen molar-refractivity contribution >= 4 is 33.1 Å². The molecule has 0 aliphatic rings. The Labute approximate surface area is 145 Å². The Hall–Kier alpha value is -2.40. The summed E-state index contributed by atoms with van der Waals surface area (Å²) >= 11 is 1.39. The first-order chi connectivity index (χ1) is 11.6. The predicted molar refractivity (Wildman–Crippen MR) is 99.5 cm³/mol. The number of fused-ring (bicyclic) bond motifs is 1. The van der Waals surface area contributed by atoms with Gasteiger partial charge in [-0.2, -0.15) is 0 Å². The monoisotopic (exact) mass is 339 g/mol. The van der Waals surface area contributed by atoms with E-state index in [1.165, 1.54) is 11.3 Å². The quantitative estimate of drug-likeness (QED) is 0.726. The summed E-state index contributed by atoms with van der Waals surface area (Å²) in [7, 11) is 0. The zero-order valence-electron chi connectivity index (χ0n) is 13.9. The molecular weight excluding hydrogens is 318 g/mol. The normalized spacial score (nSPS) is 10.9. The van der Waals surface area contributed by atoms with Crippen LogP contribution in [-0.2, 0) is 24.2 Å². The number of carbonyl (C=O) groups is 1. The molecule has 0 bridgehead atoms. The van der Waals surface area contributed by atoms with Crippen molar-refractivity contribution in [2.24, 2.45) is 0 Å². The smallest absolute Gasteiger partial charge is 0.244 e. The molecule has 1 amide bonds. The van der Waals surface area contributed by atoms with E-state index in [0.717, 1.165) is 39.9 Å². The van der Waals surface area contributed by atoms with Crippen molar-refractivity contribution in [3.8, 4) is 0 Å². The van der Waals surface area contributed by atoms with Crippen LogP contribution >= 0.6 is 11.3 Å². The Kier molecular flexibility index (Phi) is 4.81. The Morgan fingerprint density at radius 3 is 2.42 bits per heavy atom. The third-order valence-electron chi connectivity index (χ3n) is 4.17. The highest BCUT2D eigenvalue weighted by Gasteiger charge is 2.13. The molecule has 1 heterocycles. The van der Waals surface area contributed by atoms with Gasteiger partial charge in [-0.3, -0.25) is 10.2 Å². The van der Waals surface area contributed by atoms with Crippen molar-refractivity contribution in [3.05, 3.63) is 58.4 Å². The van der Waals surface area contributed by atoms with Gasteiger partial charge in [0.25, 0.3) is 0 Å². The SMILES string of the molecule is CCc1cccc(CC)c1NC(=O)Cn1c(=N)sc2ccccc21. The number of nitrogens with one attached hydrogen (secondary N) is 2. The zero-order chi connectivity index (χ0) is 17.1. The molecule has 0 saturated heterocycles. The summed E-state index contributed by atoms with van der Waals surface area (Å²) in [5.74, 6) is -0.0901. The van der Waals surface area contributed by atoms with Crippen molar-refractivity contribution in [2.45, 2.75) is 33.2 Å². The second kappa shape index (κ2) is 7.01. The number of carbonyl (C=O) groups excluding carboxylic acids is 1. The number of hydrogen-bond acceptors (Lipinski definition) is 3. The molecule has 0 fully saturated rings. The van der Waals surface area contributed by atoms with Gasteiger partial charge in [0.15, 0.2) is 4.80 Å². The van der Waals surface area contributed by atoms with E-state index in [0.29, 0.717) is 4.80 Å². The number of aryl methyl sites for hydroxylation is 2. The van der Waals surface area contributed by atoms with Crippen molar-refractivity contribution in [3.63, 3.8) is 0 Å². The van der Waals surface area contributed by atoms with Crippen molar-refractivity contribution < 1.29 is 4.79 Å². The number of amides is 1. The fourth-order valence-electron chi connectivity index (χ4n) is 2.92. The lowest BCUT2D eigenvalue weighted by Crippen LogP contribution is -2.25. The van der Waals surface area contributed by atoms with E-state index >= 15 is 0 Å². The third kappa shape index (κ3) is 3.12. The van der Waals surface area contributed by atoms with Gasteiger partial charge in [0.1, 0.15) is 6.54 Å². The molecule has 5 heteroatoms. The van der Waals surface area contributed by atoms with Gasteiger partial charge in [0, 0.05) is 5.69 Å². The van der Waals surface area contributed by atoms with Crippen LogP contribution in [0.5, 0.6) is 0 Å². The molecule has 3 aromatic rings. The van der Waals surface area contributed by atoms with Crippen molar-refractivity contribution in [1.29, 1.82) is 5.41 Å². The van der Waals surface area contributed by atoms with Gasteiger partial charge in [-0.05, 0) is 36.1 Å². The summed E-state index contributed by atoms with van der Waals surface area (Å²) in [5, 5.41) is 11.2. The second-order valence-electron chi connectivity index (χ2n) is 5.67. The summed E-state index contributed by atoms with van der Waals surface area (Å²) in [4.78, 5) is 13.0. The molecule has 0 aliphatic carbocycles. The fraction of sp³-hybridized carbons (Fsp3) is 0.263. The average molecular weight is 339 g/mol. The van der Waals surface area contributed by atoms with E-state index in [2.05, 4.69) is 31.3 Å². The minimum Gasteiger partial charge on any atom is -0.324 e. The summed E-state index contributed by atoms with van der Waals surface area (Å²) in [6.45, 7) is 4.34. The van der Waals surface area contributed by atoms with Crippen molar-refractivity contribution in [1.82, 2.24) is 4.57 Å². The van der Waals surface area contributed by atoms with Crippen LogP contribution in [0.2, 0.25) is 0 Å². The molecule has 4 nitrogen and oxygen atoms in total. The molecule has 0 radical (unpaired) electrons.